The molecule has 4 N–H and O–H groups in total. The number of aryl methyl sites for hydroxylation is 1. The first-order valence-corrected chi connectivity index (χ1v) is 7.52. The van der Waals surface area contributed by atoms with Crippen LogP contribution in [0.2, 0.25) is 5.02 Å². The second-order valence-electron chi connectivity index (χ2n) is 5.16. The first-order chi connectivity index (χ1) is 12.0. The lowest BCUT2D eigenvalue weighted by atomic mass is 10.0. The Morgan fingerprint density at radius 3 is 2.76 bits per heavy atom. The number of nitrogens with one attached hydrogen (secondary N) is 2. The van der Waals surface area contributed by atoms with Gasteiger partial charge in [-0.15, -0.1) is 0 Å². The predicted molar refractivity (Wildman–Crippen MR) is 94.9 cm³/mol. The number of aromatic amines is 1. The van der Waals surface area contributed by atoms with Crippen LogP contribution in [0.5, 0.6) is 0 Å². The molecule has 0 aliphatic carbocycles. The summed E-state index contributed by atoms with van der Waals surface area (Å²) in [5.41, 5.74) is 10.3. The predicted octanol–water partition coefficient (Wildman–Crippen LogP) is 2.36. The summed E-state index contributed by atoms with van der Waals surface area (Å²) in [6.45, 7) is 1.86. The normalized spacial score (nSPS) is 11.3. The average molecular weight is 354 g/mol. The summed E-state index contributed by atoms with van der Waals surface area (Å²) in [5.74, 6) is -0.535. The summed E-state index contributed by atoms with van der Waals surface area (Å²) in [6.07, 6.45) is 0. The number of hydrogen-bond donors (Lipinski definition) is 3. The van der Waals surface area contributed by atoms with Crippen molar-refractivity contribution >= 4 is 40.1 Å². The molecular weight excluding hydrogens is 342 g/mol. The van der Waals surface area contributed by atoms with E-state index in [1.807, 2.05) is 25.1 Å². The van der Waals surface area contributed by atoms with Crippen molar-refractivity contribution in [3.63, 3.8) is 0 Å². The first kappa shape index (κ1) is 16.4. The number of halogens is 1. The number of carbonyl (C=O) groups excluding carboxylic acids is 1. The minimum absolute atomic E-state index is 0.390. The standard InChI is InChI=1S/C16H12ClN7O/c1-8-6-11(9-2-4-10(17)5-3-9)13-15(20-8)22-24-16(13)23-21-12(7-18)14(19)25/h2-6H,1H3,(H2,19,25)(H2,20,22,23,24)/b21-12+. The minimum Gasteiger partial charge on any atom is -0.364 e. The second-order valence-corrected chi connectivity index (χ2v) is 5.60. The summed E-state index contributed by atoms with van der Waals surface area (Å²) >= 11 is 5.95. The van der Waals surface area contributed by atoms with Crippen molar-refractivity contribution in [2.24, 2.45) is 10.8 Å². The number of pyridine rings is 1. The van der Waals surface area contributed by atoms with E-state index < -0.39 is 11.6 Å². The van der Waals surface area contributed by atoms with Gasteiger partial charge in [-0.1, -0.05) is 23.7 Å². The van der Waals surface area contributed by atoms with Gasteiger partial charge >= 0.3 is 0 Å². The van der Waals surface area contributed by atoms with E-state index in [2.05, 4.69) is 25.7 Å². The third-order valence-corrected chi connectivity index (χ3v) is 3.68. The molecule has 0 spiro atoms. The molecule has 9 heteroatoms. The smallest absolute Gasteiger partial charge is 0.280 e. The van der Waals surface area contributed by atoms with Gasteiger partial charge in [-0.2, -0.15) is 15.5 Å². The zero-order valence-corrected chi connectivity index (χ0v) is 13.8. The van der Waals surface area contributed by atoms with Gasteiger partial charge in [-0.3, -0.25) is 15.3 Å². The number of hydrogen-bond acceptors (Lipinski definition) is 6. The highest BCUT2D eigenvalue weighted by Gasteiger charge is 2.15. The van der Waals surface area contributed by atoms with Crippen molar-refractivity contribution in [2.75, 3.05) is 5.43 Å². The molecule has 25 heavy (non-hydrogen) atoms. The van der Waals surface area contributed by atoms with E-state index in [0.717, 1.165) is 16.8 Å². The number of rotatable bonds is 4. The Labute approximate surface area is 147 Å². The molecular formula is C16H12ClN7O. The van der Waals surface area contributed by atoms with E-state index >= 15 is 0 Å². The molecule has 0 radical (unpaired) electrons. The van der Waals surface area contributed by atoms with Gasteiger partial charge in [0.05, 0.1) is 5.39 Å². The number of benzene rings is 1. The summed E-state index contributed by atoms with van der Waals surface area (Å²) in [4.78, 5) is 15.5. The maximum absolute atomic E-state index is 11.1. The number of nitrogens with two attached hydrogens (primary N) is 1. The number of hydrazone groups is 1. The highest BCUT2D eigenvalue weighted by Crippen LogP contribution is 2.33. The molecule has 124 valence electrons. The van der Waals surface area contributed by atoms with Crippen molar-refractivity contribution in [1.82, 2.24) is 15.2 Å². The zero-order chi connectivity index (χ0) is 18.0. The molecule has 2 heterocycles. The molecule has 1 aromatic carbocycles. The molecule has 0 unspecified atom stereocenters. The van der Waals surface area contributed by atoms with Crippen LogP contribution in [-0.4, -0.2) is 26.8 Å². The molecule has 0 fully saturated rings. The molecule has 0 aliphatic heterocycles. The van der Waals surface area contributed by atoms with Crippen LogP contribution in [0.3, 0.4) is 0 Å². The van der Waals surface area contributed by atoms with E-state index in [-0.39, 0.29) is 0 Å². The highest BCUT2D eigenvalue weighted by atomic mass is 35.5. The largest absolute Gasteiger partial charge is 0.364 e. The van der Waals surface area contributed by atoms with Gasteiger partial charge in [0.2, 0.25) is 5.71 Å². The molecule has 0 bridgehead atoms. The summed E-state index contributed by atoms with van der Waals surface area (Å²) in [7, 11) is 0. The van der Waals surface area contributed by atoms with Crippen LogP contribution in [0.25, 0.3) is 22.2 Å². The van der Waals surface area contributed by atoms with Crippen LogP contribution in [0.1, 0.15) is 5.69 Å². The summed E-state index contributed by atoms with van der Waals surface area (Å²) in [6, 6.07) is 10.8. The SMILES string of the molecule is Cc1cc(-c2ccc(Cl)cc2)c2c(N/N=C(\C#N)C(N)=O)[nH]nc2n1. The number of aromatic nitrogens is 3. The van der Waals surface area contributed by atoms with Crippen LogP contribution in [0.4, 0.5) is 5.82 Å². The third kappa shape index (κ3) is 3.27. The molecule has 1 amide bonds. The minimum atomic E-state index is -0.925. The number of H-pyrrole nitrogens is 1. The lowest BCUT2D eigenvalue weighted by Gasteiger charge is -2.07. The van der Waals surface area contributed by atoms with Crippen LogP contribution < -0.4 is 11.2 Å². The Hall–Kier alpha value is -3.44. The van der Waals surface area contributed by atoms with Gasteiger partial charge in [0.15, 0.2) is 11.5 Å². The van der Waals surface area contributed by atoms with Gasteiger partial charge in [-0.05, 0) is 36.2 Å². The lowest BCUT2D eigenvalue weighted by Crippen LogP contribution is -2.22. The van der Waals surface area contributed by atoms with Crippen molar-refractivity contribution in [3.05, 3.63) is 41.0 Å². The van der Waals surface area contributed by atoms with E-state index in [1.54, 1.807) is 18.2 Å². The molecule has 3 aromatic rings. The molecule has 0 atom stereocenters. The fourth-order valence-corrected chi connectivity index (χ4v) is 2.46. The Bertz CT molecular complexity index is 1030. The lowest BCUT2D eigenvalue weighted by molar-refractivity contribution is -0.111. The molecule has 8 nitrogen and oxygen atoms in total. The zero-order valence-electron chi connectivity index (χ0n) is 13.0. The average Bonchev–Trinajstić information content (AvgIpc) is 2.98. The van der Waals surface area contributed by atoms with E-state index in [4.69, 9.17) is 22.6 Å². The van der Waals surface area contributed by atoms with Gasteiger partial charge < -0.3 is 5.73 Å². The van der Waals surface area contributed by atoms with Gasteiger partial charge in [0.1, 0.15) is 6.07 Å². The van der Waals surface area contributed by atoms with Crippen molar-refractivity contribution in [1.29, 1.82) is 5.26 Å². The first-order valence-electron chi connectivity index (χ1n) is 7.15. The Morgan fingerprint density at radius 2 is 2.12 bits per heavy atom. The van der Waals surface area contributed by atoms with Gasteiger partial charge in [0, 0.05) is 10.7 Å². The molecule has 3 rings (SSSR count). The van der Waals surface area contributed by atoms with E-state index in [0.29, 0.717) is 21.9 Å². The maximum atomic E-state index is 11.1. The van der Waals surface area contributed by atoms with Gasteiger partial charge in [0.25, 0.3) is 5.91 Å². The Balaban J connectivity index is 2.14. The van der Waals surface area contributed by atoms with Crippen molar-refractivity contribution < 1.29 is 4.79 Å². The molecule has 0 saturated heterocycles. The number of fused-ring (bicyclic) bond motifs is 1. The Morgan fingerprint density at radius 1 is 1.40 bits per heavy atom. The molecule has 2 aromatic heterocycles. The van der Waals surface area contributed by atoms with Crippen molar-refractivity contribution in [2.45, 2.75) is 6.92 Å². The van der Waals surface area contributed by atoms with Crippen LogP contribution in [-0.2, 0) is 4.79 Å². The number of anilines is 1. The van der Waals surface area contributed by atoms with E-state index in [1.165, 1.54) is 0 Å². The topological polar surface area (TPSA) is 133 Å². The van der Waals surface area contributed by atoms with Crippen LogP contribution in [0, 0.1) is 18.3 Å². The fourth-order valence-electron chi connectivity index (χ4n) is 2.33. The summed E-state index contributed by atoms with van der Waals surface area (Å²) < 4.78 is 0. The second kappa shape index (κ2) is 6.59. The molecule has 0 aliphatic rings. The molecule has 0 saturated carbocycles. The number of primary amides is 1. The van der Waals surface area contributed by atoms with Crippen LogP contribution >= 0.6 is 11.6 Å². The van der Waals surface area contributed by atoms with E-state index in [9.17, 15) is 4.79 Å². The third-order valence-electron chi connectivity index (χ3n) is 3.43. The highest BCUT2D eigenvalue weighted by molar-refractivity contribution is 6.44. The number of carbonyl (C=O) groups is 1. The number of nitrogens with zero attached hydrogens (tertiary/aromatic N) is 4. The maximum Gasteiger partial charge on any atom is 0.280 e. The monoisotopic (exact) mass is 353 g/mol. The quantitative estimate of drug-likeness (QED) is 0.489. The van der Waals surface area contributed by atoms with Crippen molar-refractivity contribution in [3.8, 4) is 17.2 Å². The number of amides is 1. The number of nitriles is 1. The fraction of sp³-hybridized carbons (Fsp3) is 0.0625. The Kier molecular flexibility index (Phi) is 4.33. The summed E-state index contributed by atoms with van der Waals surface area (Å²) in [5, 5.41) is 20.8. The van der Waals surface area contributed by atoms with Crippen LogP contribution in [0.15, 0.2) is 35.4 Å². The van der Waals surface area contributed by atoms with Gasteiger partial charge in [-0.25, -0.2) is 4.98 Å².